The highest BCUT2D eigenvalue weighted by molar-refractivity contribution is 6.30. The third-order valence-corrected chi connectivity index (χ3v) is 12.6. The third-order valence-electron chi connectivity index (χ3n) is 12.6. The van der Waals surface area contributed by atoms with Gasteiger partial charge in [-0.05, 0) is 160 Å². The zero-order valence-corrected chi connectivity index (χ0v) is 34.1. The molecule has 0 aliphatic heterocycles. The summed E-state index contributed by atoms with van der Waals surface area (Å²) < 4.78 is 29.0. The van der Waals surface area contributed by atoms with E-state index in [9.17, 15) is 8.78 Å². The van der Waals surface area contributed by atoms with Gasteiger partial charge in [0.05, 0.1) is 5.69 Å². The molecule has 63 heavy (non-hydrogen) atoms. The van der Waals surface area contributed by atoms with Gasteiger partial charge >= 0.3 is 0 Å². The molecule has 0 heterocycles. The van der Waals surface area contributed by atoms with E-state index in [1.807, 2.05) is 24.3 Å². The summed E-state index contributed by atoms with van der Waals surface area (Å²) in [6.45, 7) is 0. The van der Waals surface area contributed by atoms with Crippen molar-refractivity contribution in [1.82, 2.24) is 0 Å². The van der Waals surface area contributed by atoms with E-state index in [4.69, 9.17) is 0 Å². The molecular weight excluding hydrogens is 773 g/mol. The van der Waals surface area contributed by atoms with Crippen LogP contribution in [0.3, 0.4) is 0 Å². The van der Waals surface area contributed by atoms with Crippen LogP contribution in [0, 0.1) is 11.6 Å². The highest BCUT2D eigenvalue weighted by Gasteiger charge is 2.26. The van der Waals surface area contributed by atoms with Crippen LogP contribution in [0.5, 0.6) is 0 Å². The topological polar surface area (TPSA) is 3.24 Å². The minimum atomic E-state index is -0.253. The third kappa shape index (κ3) is 6.12. The number of benzene rings is 12. The minimum absolute atomic E-state index is 0.251. The van der Waals surface area contributed by atoms with Gasteiger partial charge in [0.15, 0.2) is 0 Å². The summed E-state index contributed by atoms with van der Waals surface area (Å²) in [7, 11) is 0. The maximum Gasteiger partial charge on any atom is 0.123 e. The Hall–Kier alpha value is -8.14. The molecule has 1 nitrogen and oxygen atoms in total. The van der Waals surface area contributed by atoms with Crippen molar-refractivity contribution in [1.29, 1.82) is 0 Å². The van der Waals surface area contributed by atoms with Crippen molar-refractivity contribution in [3.63, 3.8) is 0 Å². The number of hydrogen-bond acceptors (Lipinski definition) is 1. The summed E-state index contributed by atoms with van der Waals surface area (Å²) in [5.74, 6) is -0.504. The molecule has 0 saturated heterocycles. The van der Waals surface area contributed by atoms with E-state index in [1.54, 1.807) is 12.1 Å². The summed E-state index contributed by atoms with van der Waals surface area (Å²) in [4.78, 5) is 2.40. The van der Waals surface area contributed by atoms with Gasteiger partial charge in [-0.2, -0.15) is 0 Å². The highest BCUT2D eigenvalue weighted by atomic mass is 19.1. The van der Waals surface area contributed by atoms with E-state index < -0.39 is 0 Å². The first-order valence-corrected chi connectivity index (χ1v) is 21.3. The first-order valence-electron chi connectivity index (χ1n) is 21.3. The smallest absolute Gasteiger partial charge is 0.123 e. The molecule has 0 atom stereocenters. The SMILES string of the molecule is Fc1ccc2cc(-c3c4ccccc4c(-c4ccc5cc(F)ccc5c4)c4cc5c(cc34)c(-c3ccccc3)c(N(c3ccccc3)c3ccccc3)c3ccccc35)ccc2c1. The van der Waals surface area contributed by atoms with E-state index in [0.29, 0.717) is 0 Å². The van der Waals surface area contributed by atoms with Gasteiger partial charge in [0.1, 0.15) is 11.6 Å². The van der Waals surface area contributed by atoms with Gasteiger partial charge in [-0.1, -0.05) is 152 Å². The number of hydrogen-bond donors (Lipinski definition) is 0. The molecule has 0 spiro atoms. The van der Waals surface area contributed by atoms with Gasteiger partial charge in [0.2, 0.25) is 0 Å². The van der Waals surface area contributed by atoms with Gasteiger partial charge in [0.25, 0.3) is 0 Å². The first-order chi connectivity index (χ1) is 31.1. The van der Waals surface area contributed by atoms with Crippen LogP contribution in [-0.4, -0.2) is 0 Å². The molecule has 0 bridgehead atoms. The fourth-order valence-corrected chi connectivity index (χ4v) is 9.90. The fraction of sp³-hybridized carbons (Fsp3) is 0. The lowest BCUT2D eigenvalue weighted by Gasteiger charge is -2.31. The number of halogens is 2. The molecule has 0 aliphatic rings. The molecule has 12 aromatic carbocycles. The molecule has 0 saturated carbocycles. The molecule has 0 aliphatic carbocycles. The van der Waals surface area contributed by atoms with Crippen LogP contribution in [0.1, 0.15) is 0 Å². The van der Waals surface area contributed by atoms with Crippen LogP contribution in [0.4, 0.5) is 25.8 Å². The lowest BCUT2D eigenvalue weighted by Crippen LogP contribution is -2.12. The quantitative estimate of drug-likeness (QED) is 0.119. The van der Waals surface area contributed by atoms with Crippen molar-refractivity contribution in [3.05, 3.63) is 236 Å². The zero-order chi connectivity index (χ0) is 42.0. The molecule has 0 unspecified atom stereocenters. The van der Waals surface area contributed by atoms with Crippen molar-refractivity contribution >= 4 is 81.7 Å². The van der Waals surface area contributed by atoms with E-state index in [0.717, 1.165) is 115 Å². The van der Waals surface area contributed by atoms with Crippen LogP contribution < -0.4 is 4.90 Å². The molecule has 12 rings (SSSR count). The monoisotopic (exact) mass is 809 g/mol. The molecular formula is C60H37F2N. The minimum Gasteiger partial charge on any atom is -0.309 e. The summed E-state index contributed by atoms with van der Waals surface area (Å²) in [5.41, 5.74) is 9.78. The average molecular weight is 810 g/mol. The second-order valence-corrected chi connectivity index (χ2v) is 16.3. The predicted octanol–water partition coefficient (Wildman–Crippen LogP) is 17.4. The van der Waals surface area contributed by atoms with Crippen molar-refractivity contribution in [3.8, 4) is 33.4 Å². The van der Waals surface area contributed by atoms with Crippen LogP contribution in [0.2, 0.25) is 0 Å². The maximum absolute atomic E-state index is 14.5. The molecule has 0 amide bonds. The van der Waals surface area contributed by atoms with Crippen molar-refractivity contribution in [2.24, 2.45) is 0 Å². The van der Waals surface area contributed by atoms with E-state index in [-0.39, 0.29) is 11.6 Å². The normalized spacial score (nSPS) is 11.7. The highest BCUT2D eigenvalue weighted by Crippen LogP contribution is 2.52. The van der Waals surface area contributed by atoms with Crippen LogP contribution in [-0.2, 0) is 0 Å². The molecule has 12 aromatic rings. The van der Waals surface area contributed by atoms with Crippen LogP contribution in [0.25, 0.3) is 98.0 Å². The molecule has 0 N–H and O–H groups in total. The Kier molecular flexibility index (Phi) is 8.62. The molecule has 0 aromatic heterocycles. The Morgan fingerprint density at radius 3 is 1.17 bits per heavy atom. The van der Waals surface area contributed by atoms with E-state index >= 15 is 0 Å². The molecule has 296 valence electrons. The standard InChI is InChI=1S/C60H37F2N/c61-45-30-28-39-32-43(26-24-41(39)34-45)57-50-21-11-12-22-51(50)58(44-27-25-42-35-46(62)31-29-40(42)33-44)56-37-54-53(36-55(56)57)49-20-10-13-23-52(49)60(59(54)38-14-4-1-5-15-38)63(47-16-6-2-7-17-47)48-18-8-3-9-19-48/h1-37H. The Balaban J connectivity index is 1.30. The number of nitrogens with zero attached hydrogens (tertiary/aromatic N) is 1. The average Bonchev–Trinajstić information content (AvgIpc) is 3.33. The summed E-state index contributed by atoms with van der Waals surface area (Å²) >= 11 is 0. The van der Waals surface area contributed by atoms with Crippen molar-refractivity contribution in [2.45, 2.75) is 0 Å². The fourth-order valence-electron chi connectivity index (χ4n) is 9.90. The Morgan fingerprint density at radius 1 is 0.254 bits per heavy atom. The summed E-state index contributed by atoms with van der Waals surface area (Å²) in [5, 5.41) is 12.6. The van der Waals surface area contributed by atoms with Crippen LogP contribution >= 0.6 is 0 Å². The van der Waals surface area contributed by atoms with Gasteiger partial charge < -0.3 is 4.90 Å². The number of anilines is 3. The maximum atomic E-state index is 14.5. The molecule has 3 heteroatoms. The largest absolute Gasteiger partial charge is 0.309 e. The zero-order valence-electron chi connectivity index (χ0n) is 34.1. The Morgan fingerprint density at radius 2 is 0.651 bits per heavy atom. The summed E-state index contributed by atoms with van der Waals surface area (Å²) in [6.07, 6.45) is 0. The van der Waals surface area contributed by atoms with Gasteiger partial charge in [-0.15, -0.1) is 0 Å². The van der Waals surface area contributed by atoms with E-state index in [2.05, 4.69) is 181 Å². The first kappa shape index (κ1) is 36.7. The van der Waals surface area contributed by atoms with Crippen molar-refractivity contribution in [2.75, 3.05) is 4.90 Å². The summed E-state index contributed by atoms with van der Waals surface area (Å²) in [6, 6.07) is 77.0. The second-order valence-electron chi connectivity index (χ2n) is 16.3. The van der Waals surface area contributed by atoms with Crippen molar-refractivity contribution < 1.29 is 8.78 Å². The lowest BCUT2D eigenvalue weighted by atomic mass is 9.82. The Bertz CT molecular complexity index is 3710. The van der Waals surface area contributed by atoms with E-state index in [1.165, 1.54) is 12.1 Å². The Labute approximate surface area is 363 Å². The van der Waals surface area contributed by atoms with Crippen LogP contribution in [0.15, 0.2) is 224 Å². The van der Waals surface area contributed by atoms with Gasteiger partial charge in [-0.25, -0.2) is 8.78 Å². The number of para-hydroxylation sites is 2. The predicted molar refractivity (Wildman–Crippen MR) is 262 cm³/mol. The second kappa shape index (κ2) is 14.8. The van der Waals surface area contributed by atoms with Gasteiger partial charge in [0, 0.05) is 22.3 Å². The van der Waals surface area contributed by atoms with Gasteiger partial charge in [-0.3, -0.25) is 0 Å². The number of fused-ring (bicyclic) bond motifs is 7. The molecule has 0 fully saturated rings. The number of rotatable bonds is 6. The molecule has 0 radical (unpaired) electrons. The lowest BCUT2D eigenvalue weighted by molar-refractivity contribution is 0.629.